The van der Waals surface area contributed by atoms with Gasteiger partial charge in [-0.15, -0.1) is 0 Å². The minimum Gasteiger partial charge on any atom is -0.481 e. The zero-order valence-corrected chi connectivity index (χ0v) is 10.8. The third-order valence-electron chi connectivity index (χ3n) is 3.38. The third kappa shape index (κ3) is 3.43. The Balaban J connectivity index is 0.00000162. The number of pyridine rings is 1. The Morgan fingerprint density at radius 3 is 2.50 bits per heavy atom. The fourth-order valence-electron chi connectivity index (χ4n) is 2.32. The first kappa shape index (κ1) is 14.9. The Bertz CT molecular complexity index is 343. The molecule has 4 heteroatoms. The van der Waals surface area contributed by atoms with Gasteiger partial charge in [0.25, 0.3) is 0 Å². The lowest BCUT2D eigenvalue weighted by molar-refractivity contribution is 0.108. The molecule has 4 nitrogen and oxygen atoms in total. The number of rotatable bonds is 3. The number of ether oxygens (including phenoxy) is 1. The molecule has 102 valence electrons. The molecule has 0 aromatic carbocycles. The van der Waals surface area contributed by atoms with E-state index in [0.717, 1.165) is 19.6 Å². The number of nitrogens with zero attached hydrogens (tertiary/aromatic N) is 2. The molecule has 18 heavy (non-hydrogen) atoms. The largest absolute Gasteiger partial charge is 0.481 e. The van der Waals surface area contributed by atoms with Crippen LogP contribution in [0, 0.1) is 0 Å². The quantitative estimate of drug-likeness (QED) is 0.890. The second kappa shape index (κ2) is 6.71. The lowest BCUT2D eigenvalue weighted by Gasteiger charge is -2.39. The van der Waals surface area contributed by atoms with E-state index in [4.69, 9.17) is 4.74 Å². The maximum atomic E-state index is 5.07. The number of nitrogens with one attached hydrogen (secondary N) is 1. The number of methoxy groups -OCH3 is 1. The lowest BCUT2D eigenvalue weighted by atomic mass is 10.1. The highest BCUT2D eigenvalue weighted by Gasteiger charge is 2.24. The normalized spacial score (nSPS) is 24.4. The van der Waals surface area contributed by atoms with Gasteiger partial charge >= 0.3 is 0 Å². The van der Waals surface area contributed by atoms with Crippen LogP contribution >= 0.6 is 0 Å². The number of piperazine rings is 1. The smallest absolute Gasteiger partial charge is 0.212 e. The van der Waals surface area contributed by atoms with E-state index in [1.165, 1.54) is 5.56 Å². The van der Waals surface area contributed by atoms with E-state index in [0.29, 0.717) is 18.0 Å². The van der Waals surface area contributed by atoms with Crippen molar-refractivity contribution in [3.63, 3.8) is 0 Å². The van der Waals surface area contributed by atoms with Crippen molar-refractivity contribution in [3.8, 4) is 5.88 Å². The van der Waals surface area contributed by atoms with E-state index in [1.807, 2.05) is 12.3 Å². The predicted molar refractivity (Wildman–Crippen MR) is 74.9 cm³/mol. The average Bonchev–Trinajstić information content (AvgIpc) is 2.35. The van der Waals surface area contributed by atoms with Crippen molar-refractivity contribution in [2.75, 3.05) is 20.2 Å². The molecule has 0 bridgehead atoms. The van der Waals surface area contributed by atoms with Gasteiger partial charge in [-0.25, -0.2) is 4.98 Å². The van der Waals surface area contributed by atoms with Gasteiger partial charge in [0.05, 0.1) is 7.11 Å². The summed E-state index contributed by atoms with van der Waals surface area (Å²) in [6.07, 6.45) is 1.90. The minimum absolute atomic E-state index is 0. The summed E-state index contributed by atoms with van der Waals surface area (Å²) in [6.45, 7) is 7.61. The molecule has 1 aromatic heterocycles. The van der Waals surface area contributed by atoms with E-state index in [9.17, 15) is 0 Å². The molecular formula is C14H25N3O. The van der Waals surface area contributed by atoms with Crippen LogP contribution in [-0.2, 0) is 6.54 Å². The molecular weight excluding hydrogens is 226 g/mol. The third-order valence-corrected chi connectivity index (χ3v) is 3.38. The molecule has 1 aliphatic heterocycles. The molecule has 1 aromatic rings. The van der Waals surface area contributed by atoms with E-state index in [1.54, 1.807) is 7.11 Å². The monoisotopic (exact) mass is 251 g/mol. The fourth-order valence-corrected chi connectivity index (χ4v) is 2.32. The number of hydrogen-bond donors (Lipinski definition) is 1. The van der Waals surface area contributed by atoms with E-state index < -0.39 is 0 Å². The molecule has 2 heterocycles. The summed E-state index contributed by atoms with van der Waals surface area (Å²) in [4.78, 5) is 6.76. The summed E-state index contributed by atoms with van der Waals surface area (Å²) in [7, 11) is 1.64. The van der Waals surface area contributed by atoms with Crippen LogP contribution in [0.4, 0.5) is 0 Å². The van der Waals surface area contributed by atoms with Crippen LogP contribution in [-0.4, -0.2) is 42.2 Å². The topological polar surface area (TPSA) is 37.4 Å². The van der Waals surface area contributed by atoms with Crippen LogP contribution < -0.4 is 10.1 Å². The van der Waals surface area contributed by atoms with Crippen LogP contribution in [0.3, 0.4) is 0 Å². The SMILES string of the molecule is C.COc1ccc(CN2[C@H](C)CNC[C@@H]2C)cn1. The maximum absolute atomic E-state index is 5.07. The second-order valence-electron chi connectivity index (χ2n) is 4.74. The fraction of sp³-hybridized carbons (Fsp3) is 0.643. The van der Waals surface area contributed by atoms with Crippen molar-refractivity contribution in [1.82, 2.24) is 15.2 Å². The van der Waals surface area contributed by atoms with Crippen molar-refractivity contribution >= 4 is 0 Å². The first-order chi connectivity index (χ1) is 8.20. The predicted octanol–water partition coefficient (Wildman–Crippen LogP) is 1.91. The summed E-state index contributed by atoms with van der Waals surface area (Å²) in [5, 5.41) is 3.44. The Labute approximate surface area is 110 Å². The van der Waals surface area contributed by atoms with Crippen molar-refractivity contribution < 1.29 is 4.74 Å². The summed E-state index contributed by atoms with van der Waals surface area (Å²) >= 11 is 0. The molecule has 0 saturated carbocycles. The molecule has 0 unspecified atom stereocenters. The van der Waals surface area contributed by atoms with Gasteiger partial charge in [0, 0.05) is 44.0 Å². The molecule has 0 aliphatic carbocycles. The van der Waals surface area contributed by atoms with Gasteiger partial charge in [0.2, 0.25) is 5.88 Å². The molecule has 1 fully saturated rings. The van der Waals surface area contributed by atoms with Crippen LogP contribution in [0.5, 0.6) is 5.88 Å². The van der Waals surface area contributed by atoms with Crippen LogP contribution in [0.2, 0.25) is 0 Å². The maximum Gasteiger partial charge on any atom is 0.212 e. The van der Waals surface area contributed by atoms with Crippen molar-refractivity contribution in [2.45, 2.75) is 39.9 Å². The van der Waals surface area contributed by atoms with Gasteiger partial charge in [-0.3, -0.25) is 4.90 Å². The molecule has 2 rings (SSSR count). The molecule has 1 aliphatic rings. The number of hydrogen-bond acceptors (Lipinski definition) is 4. The number of aromatic nitrogens is 1. The van der Waals surface area contributed by atoms with Crippen molar-refractivity contribution in [2.24, 2.45) is 0 Å². The Kier molecular flexibility index (Phi) is 5.56. The molecule has 0 spiro atoms. The van der Waals surface area contributed by atoms with E-state index in [-0.39, 0.29) is 7.43 Å². The summed E-state index contributed by atoms with van der Waals surface area (Å²) in [5.41, 5.74) is 1.24. The molecule has 1 saturated heterocycles. The zero-order chi connectivity index (χ0) is 12.3. The van der Waals surface area contributed by atoms with Gasteiger partial charge in [0.15, 0.2) is 0 Å². The first-order valence-corrected chi connectivity index (χ1v) is 6.16. The molecule has 2 atom stereocenters. The minimum atomic E-state index is 0. The average molecular weight is 251 g/mol. The molecule has 0 amide bonds. The van der Waals surface area contributed by atoms with Gasteiger partial charge in [-0.1, -0.05) is 13.5 Å². The Hall–Kier alpha value is -1.13. The standard InChI is InChI=1S/C13H21N3O.CH4/c1-10-6-14-7-11(2)16(10)9-12-4-5-13(17-3)15-8-12;/h4-5,8,10-11,14H,6-7,9H2,1-3H3;1H4/t10-,11+;. The Morgan fingerprint density at radius 2 is 2.00 bits per heavy atom. The van der Waals surface area contributed by atoms with E-state index >= 15 is 0 Å². The van der Waals surface area contributed by atoms with E-state index in [2.05, 4.69) is 35.1 Å². The lowest BCUT2D eigenvalue weighted by Crippen LogP contribution is -2.54. The van der Waals surface area contributed by atoms with Crippen molar-refractivity contribution in [1.29, 1.82) is 0 Å². The second-order valence-corrected chi connectivity index (χ2v) is 4.74. The van der Waals surface area contributed by atoms with Gasteiger partial charge in [-0.2, -0.15) is 0 Å². The van der Waals surface area contributed by atoms with Crippen LogP contribution in [0.1, 0.15) is 26.8 Å². The summed E-state index contributed by atoms with van der Waals surface area (Å²) in [6, 6.07) is 5.15. The zero-order valence-electron chi connectivity index (χ0n) is 10.8. The van der Waals surface area contributed by atoms with Gasteiger partial charge in [-0.05, 0) is 19.4 Å². The highest BCUT2D eigenvalue weighted by atomic mass is 16.5. The summed E-state index contributed by atoms with van der Waals surface area (Å²) < 4.78 is 5.07. The Morgan fingerprint density at radius 1 is 1.33 bits per heavy atom. The van der Waals surface area contributed by atoms with Gasteiger partial charge < -0.3 is 10.1 Å². The van der Waals surface area contributed by atoms with Crippen LogP contribution in [0.15, 0.2) is 18.3 Å². The first-order valence-electron chi connectivity index (χ1n) is 6.16. The van der Waals surface area contributed by atoms with Gasteiger partial charge in [0.1, 0.15) is 0 Å². The summed E-state index contributed by atoms with van der Waals surface area (Å²) in [5.74, 6) is 0.676. The van der Waals surface area contributed by atoms with Crippen molar-refractivity contribution in [3.05, 3.63) is 23.9 Å². The molecule has 0 radical (unpaired) electrons. The molecule has 1 N–H and O–H groups in total. The highest BCUT2D eigenvalue weighted by molar-refractivity contribution is 5.18. The van der Waals surface area contributed by atoms with Crippen LogP contribution in [0.25, 0.3) is 0 Å². The highest BCUT2D eigenvalue weighted by Crippen LogP contribution is 2.15.